The second-order valence-electron chi connectivity index (χ2n) is 8.21. The van der Waals surface area contributed by atoms with Crippen molar-refractivity contribution in [1.29, 1.82) is 0 Å². The Morgan fingerprint density at radius 1 is 1.03 bits per heavy atom. The maximum Gasteiger partial charge on any atom is 0.269 e. The first-order valence-electron chi connectivity index (χ1n) is 11.2. The summed E-state index contributed by atoms with van der Waals surface area (Å²) in [7, 11) is 3.50. The Morgan fingerprint density at radius 2 is 1.86 bits per heavy atom. The molecule has 2 N–H and O–H groups in total. The second kappa shape index (κ2) is 9.67. The summed E-state index contributed by atoms with van der Waals surface area (Å²) in [5.41, 5.74) is 5.80. The lowest BCUT2D eigenvalue weighted by Crippen LogP contribution is -2.18. The summed E-state index contributed by atoms with van der Waals surface area (Å²) in [6, 6.07) is 16.7. The molecule has 0 aliphatic carbocycles. The van der Waals surface area contributed by atoms with E-state index in [1.165, 1.54) is 6.20 Å². The molecule has 0 aliphatic heterocycles. The van der Waals surface area contributed by atoms with Gasteiger partial charge in [0.1, 0.15) is 17.2 Å². The number of carbonyl (C=O) groups is 1. The van der Waals surface area contributed by atoms with Gasteiger partial charge in [-0.3, -0.25) is 14.8 Å². The van der Waals surface area contributed by atoms with Crippen molar-refractivity contribution >= 4 is 40.2 Å². The number of pyridine rings is 2. The lowest BCUT2D eigenvalue weighted by molar-refractivity contribution is 0.0958. The molecule has 0 aliphatic rings. The predicted molar refractivity (Wildman–Crippen MR) is 145 cm³/mol. The van der Waals surface area contributed by atoms with E-state index in [0.29, 0.717) is 22.5 Å². The highest BCUT2D eigenvalue weighted by Crippen LogP contribution is 2.34. The molecule has 9 heteroatoms. The van der Waals surface area contributed by atoms with E-state index in [0.717, 1.165) is 33.4 Å². The number of amides is 1. The average Bonchev–Trinajstić information content (AvgIpc) is 3.19. The maximum absolute atomic E-state index is 11.9. The minimum atomic E-state index is -0.277. The molecule has 184 valence electrons. The van der Waals surface area contributed by atoms with Crippen LogP contribution in [0.25, 0.3) is 22.2 Å². The number of fused-ring (bicyclic) bond motifs is 1. The van der Waals surface area contributed by atoms with Crippen molar-refractivity contribution in [2.75, 3.05) is 12.4 Å². The number of carbonyl (C=O) groups excluding carboxylic acids is 1. The number of aromatic nitrogens is 4. The first-order chi connectivity index (χ1) is 17.4. The highest BCUT2D eigenvalue weighted by molar-refractivity contribution is 6.33. The van der Waals surface area contributed by atoms with Crippen LogP contribution < -0.4 is 15.4 Å². The van der Waals surface area contributed by atoms with Crippen LogP contribution in [0.1, 0.15) is 18.9 Å². The van der Waals surface area contributed by atoms with Gasteiger partial charge in [-0.2, -0.15) is 0 Å². The first-order valence-corrected chi connectivity index (χ1v) is 11.6. The third-order valence-corrected chi connectivity index (χ3v) is 6.16. The third-order valence-electron chi connectivity index (χ3n) is 5.83. The van der Waals surface area contributed by atoms with Gasteiger partial charge in [0.2, 0.25) is 5.95 Å². The van der Waals surface area contributed by atoms with Crippen molar-refractivity contribution in [2.45, 2.75) is 6.92 Å². The lowest BCUT2D eigenvalue weighted by atomic mass is 10.0. The number of hydrogen-bond donors (Lipinski definition) is 2. The summed E-state index contributed by atoms with van der Waals surface area (Å²) in [6.07, 6.45) is 5.12. The molecule has 0 saturated carbocycles. The number of nitrogens with zero attached hydrogens (tertiary/aromatic N) is 4. The van der Waals surface area contributed by atoms with Gasteiger partial charge in [-0.1, -0.05) is 11.6 Å². The highest BCUT2D eigenvalue weighted by Gasteiger charge is 2.13. The molecule has 0 bridgehead atoms. The van der Waals surface area contributed by atoms with Gasteiger partial charge in [-0.15, -0.1) is 0 Å². The average molecular weight is 503 g/mol. The minimum Gasteiger partial charge on any atom is -0.457 e. The zero-order valence-electron chi connectivity index (χ0n) is 19.9. The van der Waals surface area contributed by atoms with Crippen LogP contribution in [0.2, 0.25) is 5.02 Å². The van der Waals surface area contributed by atoms with Crippen LogP contribution in [0.5, 0.6) is 11.5 Å². The third kappa shape index (κ3) is 4.58. The van der Waals surface area contributed by atoms with E-state index in [-0.39, 0.29) is 14.5 Å². The molecular formula is C27H27ClN6O2. The van der Waals surface area contributed by atoms with Gasteiger partial charge in [0.05, 0.1) is 11.0 Å². The van der Waals surface area contributed by atoms with Crippen LogP contribution in [0.3, 0.4) is 0 Å². The van der Waals surface area contributed by atoms with Crippen LogP contribution in [-0.4, -0.2) is 32.5 Å². The van der Waals surface area contributed by atoms with Crippen LogP contribution >= 0.6 is 11.6 Å². The number of hydrogen-bond acceptors (Lipinski definition) is 6. The maximum atomic E-state index is 11.9. The summed E-state index contributed by atoms with van der Waals surface area (Å²) in [4.78, 5) is 24.9. The van der Waals surface area contributed by atoms with Crippen LogP contribution in [0.4, 0.5) is 11.6 Å². The van der Waals surface area contributed by atoms with Crippen molar-refractivity contribution < 1.29 is 12.4 Å². The quantitative estimate of drug-likeness (QED) is 0.280. The fraction of sp³-hybridized carbons (Fsp3) is 0.111. The Bertz CT molecular complexity index is 1610. The molecule has 5 rings (SSSR count). The van der Waals surface area contributed by atoms with Crippen molar-refractivity contribution in [3.8, 4) is 22.6 Å². The predicted octanol–water partition coefficient (Wildman–Crippen LogP) is 6.38. The Hall–Kier alpha value is -4.43. The van der Waals surface area contributed by atoms with E-state index in [2.05, 4.69) is 20.6 Å². The van der Waals surface area contributed by atoms with E-state index in [4.69, 9.17) is 21.3 Å². The number of rotatable bonds is 6. The minimum absolute atomic E-state index is 0. The summed E-state index contributed by atoms with van der Waals surface area (Å²) >= 11 is 6.50. The van der Waals surface area contributed by atoms with E-state index in [9.17, 15) is 4.79 Å². The molecule has 5 aromatic rings. The summed E-state index contributed by atoms with van der Waals surface area (Å²) in [5.74, 6) is 1.50. The topological polar surface area (TPSA) is 94.0 Å². The van der Waals surface area contributed by atoms with E-state index < -0.39 is 0 Å². The van der Waals surface area contributed by atoms with Crippen LogP contribution in [0, 0.1) is 6.92 Å². The fourth-order valence-electron chi connectivity index (χ4n) is 3.90. The zero-order chi connectivity index (χ0) is 25.2. The van der Waals surface area contributed by atoms with Gasteiger partial charge in [-0.25, -0.2) is 4.98 Å². The molecule has 0 spiro atoms. The molecular weight excluding hydrogens is 476 g/mol. The zero-order valence-corrected chi connectivity index (χ0v) is 20.7. The molecule has 0 atom stereocenters. The molecule has 0 fully saturated rings. The Morgan fingerprint density at radius 3 is 2.67 bits per heavy atom. The number of anilines is 2. The normalized spacial score (nSPS) is 10.9. The number of aryl methyl sites for hydroxylation is 2. The van der Waals surface area contributed by atoms with Gasteiger partial charge < -0.3 is 19.9 Å². The number of benzene rings is 2. The van der Waals surface area contributed by atoms with E-state index >= 15 is 0 Å². The number of ether oxygens (including phenoxy) is 1. The number of nitrogens with one attached hydrogen (secondary N) is 2. The molecule has 8 nitrogen and oxygen atoms in total. The largest absolute Gasteiger partial charge is 0.457 e. The van der Waals surface area contributed by atoms with Gasteiger partial charge in [-0.05, 0) is 55.0 Å². The molecule has 0 unspecified atom stereocenters. The molecule has 36 heavy (non-hydrogen) atoms. The van der Waals surface area contributed by atoms with Crippen molar-refractivity contribution in [2.24, 2.45) is 7.05 Å². The molecule has 0 saturated heterocycles. The van der Waals surface area contributed by atoms with Crippen molar-refractivity contribution in [3.63, 3.8) is 0 Å². The van der Waals surface area contributed by atoms with Crippen molar-refractivity contribution in [3.05, 3.63) is 89.5 Å². The second-order valence-corrected chi connectivity index (χ2v) is 8.62. The van der Waals surface area contributed by atoms with Gasteiger partial charge in [0.15, 0.2) is 0 Å². The van der Waals surface area contributed by atoms with Gasteiger partial charge in [0, 0.05) is 69.5 Å². The van der Waals surface area contributed by atoms with Crippen molar-refractivity contribution in [1.82, 2.24) is 24.8 Å². The molecule has 2 aromatic carbocycles. The fourth-order valence-corrected chi connectivity index (χ4v) is 4.12. The summed E-state index contributed by atoms with van der Waals surface area (Å²) < 4.78 is 7.94. The highest BCUT2D eigenvalue weighted by atomic mass is 35.5. The van der Waals surface area contributed by atoms with Crippen LogP contribution in [0.15, 0.2) is 73.2 Å². The van der Waals surface area contributed by atoms with E-state index in [1.807, 2.05) is 67.2 Å². The lowest BCUT2D eigenvalue weighted by Gasteiger charge is -2.11. The Labute approximate surface area is 215 Å². The monoisotopic (exact) mass is 502 g/mol. The SMILES string of the molecule is CNC(=O)c1cc(Oc2ccc3c(c2)nc(Nc2ccc(Cl)c(-c4cnccc4C)c2)n3C)ccn1.[HH].[HH]. The van der Waals surface area contributed by atoms with E-state index in [1.54, 1.807) is 25.4 Å². The Kier molecular flexibility index (Phi) is 6.26. The smallest absolute Gasteiger partial charge is 0.269 e. The molecule has 3 heterocycles. The first kappa shape index (κ1) is 23.3. The van der Waals surface area contributed by atoms with Gasteiger partial charge in [0.25, 0.3) is 5.91 Å². The molecule has 0 radical (unpaired) electrons. The van der Waals surface area contributed by atoms with Crippen LogP contribution in [-0.2, 0) is 7.05 Å². The van der Waals surface area contributed by atoms with Gasteiger partial charge >= 0.3 is 0 Å². The number of halogens is 1. The number of imidazole rings is 1. The molecule has 1 amide bonds. The Balaban J connectivity index is 0.00000200. The summed E-state index contributed by atoms with van der Waals surface area (Å²) in [6.45, 7) is 2.03. The molecule has 3 aromatic heterocycles. The standard InChI is InChI=1S/C27H23ClN6O2.2H2/c1-16-8-10-30-15-21(16)20-12-17(4-6-22(20)28)32-27-33-23-13-18(5-7-25(23)34(27)3)36-19-9-11-31-24(14-19)26(35)29-2;;/h4-15H,1-3H3,(H,29,35)(H,32,33);2*1H. The summed E-state index contributed by atoms with van der Waals surface area (Å²) in [5, 5.41) is 6.60.